The molecule has 0 aliphatic rings. The van der Waals surface area contributed by atoms with Crippen LogP contribution < -0.4 is 14.0 Å². The summed E-state index contributed by atoms with van der Waals surface area (Å²) in [5.41, 5.74) is 2.26. The topological polar surface area (TPSA) is 47.5 Å². The molecule has 0 amide bonds. The highest BCUT2D eigenvalue weighted by Gasteiger charge is 2.21. The van der Waals surface area contributed by atoms with E-state index in [1.165, 1.54) is 0 Å². The van der Waals surface area contributed by atoms with Gasteiger partial charge in [0.05, 0.1) is 14.2 Å². The predicted octanol–water partition coefficient (Wildman–Crippen LogP) is 2.22. The molecule has 0 unspecified atom stereocenters. The Morgan fingerprint density at radius 2 is 1.88 bits per heavy atom. The standard InChI is InChI=1S/C19H23N2O3/c1-14-20(2)18-9-4-5-10-19(18)21(14)12-15(22)13-24-17-8-6-7-16(11-17)23-3/h4-11,15,22H,12-13H2,1-3H3/q+1/t15-/m1/s1. The Bertz CT molecular complexity index is 842. The number of fused-ring (bicyclic) bond motifs is 1. The third-order valence-corrected chi connectivity index (χ3v) is 4.29. The number of hydrogen-bond donors (Lipinski definition) is 1. The van der Waals surface area contributed by atoms with Gasteiger partial charge in [0.2, 0.25) is 0 Å². The van der Waals surface area contributed by atoms with Gasteiger partial charge < -0.3 is 14.6 Å². The van der Waals surface area contributed by atoms with E-state index in [0.717, 1.165) is 22.6 Å². The van der Waals surface area contributed by atoms with Gasteiger partial charge in [-0.15, -0.1) is 0 Å². The molecule has 3 rings (SSSR count). The second-order valence-electron chi connectivity index (χ2n) is 5.85. The molecule has 0 saturated carbocycles. The van der Waals surface area contributed by atoms with Crippen LogP contribution in [0.15, 0.2) is 48.5 Å². The van der Waals surface area contributed by atoms with Crippen molar-refractivity contribution in [1.29, 1.82) is 0 Å². The second kappa shape index (κ2) is 6.93. The highest BCUT2D eigenvalue weighted by molar-refractivity contribution is 5.72. The molecule has 1 heterocycles. The summed E-state index contributed by atoms with van der Waals surface area (Å²) in [7, 11) is 3.65. The Kier molecular flexibility index (Phi) is 4.71. The molecule has 24 heavy (non-hydrogen) atoms. The molecule has 0 aliphatic carbocycles. The van der Waals surface area contributed by atoms with Crippen LogP contribution in [0.3, 0.4) is 0 Å². The number of rotatable bonds is 6. The first-order chi connectivity index (χ1) is 11.6. The van der Waals surface area contributed by atoms with Crippen LogP contribution in [0.2, 0.25) is 0 Å². The Balaban J connectivity index is 1.71. The minimum absolute atomic E-state index is 0.225. The molecule has 0 saturated heterocycles. The average Bonchev–Trinajstić information content (AvgIpc) is 2.85. The van der Waals surface area contributed by atoms with Crippen molar-refractivity contribution >= 4 is 11.0 Å². The molecule has 0 fully saturated rings. The average molecular weight is 327 g/mol. The zero-order valence-corrected chi connectivity index (χ0v) is 14.3. The number of aliphatic hydroxyl groups is 1. The third-order valence-electron chi connectivity index (χ3n) is 4.29. The van der Waals surface area contributed by atoms with E-state index < -0.39 is 6.10 Å². The van der Waals surface area contributed by atoms with Crippen LogP contribution >= 0.6 is 0 Å². The van der Waals surface area contributed by atoms with Gasteiger partial charge in [0.25, 0.3) is 5.82 Å². The van der Waals surface area contributed by atoms with Crippen LogP contribution in [0.4, 0.5) is 0 Å². The molecule has 0 aliphatic heterocycles. The van der Waals surface area contributed by atoms with Crippen molar-refractivity contribution in [1.82, 2.24) is 4.57 Å². The lowest BCUT2D eigenvalue weighted by Crippen LogP contribution is -2.32. The van der Waals surface area contributed by atoms with Crippen LogP contribution in [-0.2, 0) is 13.6 Å². The first-order valence-electron chi connectivity index (χ1n) is 7.99. The van der Waals surface area contributed by atoms with Gasteiger partial charge in [-0.2, -0.15) is 0 Å². The van der Waals surface area contributed by atoms with Gasteiger partial charge in [0.1, 0.15) is 30.8 Å². The Morgan fingerprint density at radius 1 is 1.12 bits per heavy atom. The Morgan fingerprint density at radius 3 is 2.67 bits per heavy atom. The van der Waals surface area contributed by atoms with Crippen molar-refractivity contribution in [3.63, 3.8) is 0 Å². The second-order valence-corrected chi connectivity index (χ2v) is 5.85. The molecule has 0 spiro atoms. The Hall–Kier alpha value is -2.53. The fraction of sp³-hybridized carbons (Fsp3) is 0.316. The summed E-state index contributed by atoms with van der Waals surface area (Å²) >= 11 is 0. The molecule has 3 aromatic rings. The van der Waals surface area contributed by atoms with E-state index in [9.17, 15) is 5.11 Å². The first-order valence-corrected chi connectivity index (χ1v) is 7.99. The van der Waals surface area contributed by atoms with Gasteiger partial charge in [-0.25, -0.2) is 9.13 Å². The van der Waals surface area contributed by atoms with E-state index in [0.29, 0.717) is 12.3 Å². The van der Waals surface area contributed by atoms with E-state index >= 15 is 0 Å². The van der Waals surface area contributed by atoms with Crippen LogP contribution in [-0.4, -0.2) is 29.5 Å². The van der Waals surface area contributed by atoms with Gasteiger partial charge in [-0.3, -0.25) is 0 Å². The number of aliphatic hydroxyl groups excluding tert-OH is 1. The predicted molar refractivity (Wildman–Crippen MR) is 92.3 cm³/mol. The third kappa shape index (κ3) is 3.21. The van der Waals surface area contributed by atoms with Crippen molar-refractivity contribution in [2.75, 3.05) is 13.7 Å². The highest BCUT2D eigenvalue weighted by Crippen LogP contribution is 2.19. The van der Waals surface area contributed by atoms with E-state index in [1.54, 1.807) is 7.11 Å². The van der Waals surface area contributed by atoms with E-state index in [4.69, 9.17) is 9.47 Å². The number of methoxy groups -OCH3 is 1. The highest BCUT2D eigenvalue weighted by atomic mass is 16.5. The van der Waals surface area contributed by atoms with Gasteiger partial charge in [0, 0.05) is 13.0 Å². The molecule has 5 nitrogen and oxygen atoms in total. The lowest BCUT2D eigenvalue weighted by molar-refractivity contribution is -0.652. The molecule has 1 aromatic heterocycles. The summed E-state index contributed by atoms with van der Waals surface area (Å²) in [6.45, 7) is 2.76. The molecule has 1 N–H and O–H groups in total. The monoisotopic (exact) mass is 327 g/mol. The van der Waals surface area contributed by atoms with Crippen LogP contribution in [0.1, 0.15) is 5.82 Å². The smallest absolute Gasteiger partial charge is 0.254 e. The molecule has 5 heteroatoms. The van der Waals surface area contributed by atoms with E-state index in [1.807, 2.05) is 43.4 Å². The van der Waals surface area contributed by atoms with Crippen LogP contribution in [0.5, 0.6) is 11.5 Å². The lowest BCUT2D eigenvalue weighted by Gasteiger charge is -2.12. The normalized spacial score (nSPS) is 12.3. The van der Waals surface area contributed by atoms with Crippen molar-refractivity contribution < 1.29 is 19.1 Å². The summed E-state index contributed by atoms with van der Waals surface area (Å²) in [4.78, 5) is 0. The SMILES string of the molecule is COc1cccc(OC[C@H](O)Cn2c(C)[n+](C)c3ccccc32)c1. The quantitative estimate of drug-likeness (QED) is 0.706. The number of ether oxygens (including phenoxy) is 2. The van der Waals surface area contributed by atoms with Crippen molar-refractivity contribution in [2.24, 2.45) is 7.05 Å². The maximum atomic E-state index is 10.4. The van der Waals surface area contributed by atoms with Crippen molar-refractivity contribution in [3.8, 4) is 11.5 Å². The summed E-state index contributed by atoms with van der Waals surface area (Å²) in [5.74, 6) is 2.52. The van der Waals surface area contributed by atoms with E-state index in [2.05, 4.69) is 28.2 Å². The molecule has 2 aromatic carbocycles. The number of nitrogens with zero attached hydrogens (tertiary/aromatic N) is 2. The summed E-state index contributed by atoms with van der Waals surface area (Å²) in [5, 5.41) is 10.4. The number of benzene rings is 2. The van der Waals surface area contributed by atoms with Gasteiger partial charge in [0.15, 0.2) is 11.0 Å². The fourth-order valence-corrected chi connectivity index (χ4v) is 2.88. The number of imidazole rings is 1. The van der Waals surface area contributed by atoms with Gasteiger partial charge >= 0.3 is 0 Å². The summed E-state index contributed by atoms with van der Waals surface area (Å²) in [6.07, 6.45) is -0.606. The molecule has 126 valence electrons. The van der Waals surface area contributed by atoms with Crippen molar-refractivity contribution in [3.05, 3.63) is 54.4 Å². The van der Waals surface area contributed by atoms with Crippen LogP contribution in [0, 0.1) is 6.92 Å². The zero-order chi connectivity index (χ0) is 17.1. The molecular weight excluding hydrogens is 304 g/mol. The zero-order valence-electron chi connectivity index (χ0n) is 14.3. The van der Waals surface area contributed by atoms with Crippen LogP contribution in [0.25, 0.3) is 11.0 Å². The minimum Gasteiger partial charge on any atom is -0.497 e. The number of hydrogen-bond acceptors (Lipinski definition) is 3. The first kappa shape index (κ1) is 16.3. The van der Waals surface area contributed by atoms with Gasteiger partial charge in [-0.1, -0.05) is 18.2 Å². The number of para-hydroxylation sites is 2. The van der Waals surface area contributed by atoms with Crippen molar-refractivity contribution in [2.45, 2.75) is 19.6 Å². The summed E-state index contributed by atoms with van der Waals surface area (Å²) < 4.78 is 15.1. The maximum absolute atomic E-state index is 10.4. The molecule has 0 radical (unpaired) electrons. The maximum Gasteiger partial charge on any atom is 0.254 e. The number of aryl methyl sites for hydroxylation is 1. The number of aromatic nitrogens is 2. The van der Waals surface area contributed by atoms with Gasteiger partial charge in [-0.05, 0) is 24.3 Å². The fourth-order valence-electron chi connectivity index (χ4n) is 2.88. The molecule has 1 atom stereocenters. The Labute approximate surface area is 141 Å². The van der Waals surface area contributed by atoms with E-state index in [-0.39, 0.29) is 6.61 Å². The summed E-state index contributed by atoms with van der Waals surface area (Å²) in [6, 6.07) is 15.6. The molecule has 0 bridgehead atoms. The molecular formula is C19H23N2O3+. The largest absolute Gasteiger partial charge is 0.497 e. The lowest BCUT2D eigenvalue weighted by atomic mass is 10.3. The minimum atomic E-state index is -0.606.